The van der Waals surface area contributed by atoms with Crippen molar-refractivity contribution < 1.29 is 8.83 Å². The molecule has 0 spiro atoms. The highest BCUT2D eigenvalue weighted by molar-refractivity contribution is 6.09. The number of aryl methyl sites for hydroxylation is 2. The maximum absolute atomic E-state index is 6.17. The van der Waals surface area contributed by atoms with Gasteiger partial charge < -0.3 is 18.0 Å². The van der Waals surface area contributed by atoms with Crippen LogP contribution in [0.3, 0.4) is 0 Å². The zero-order valence-corrected chi connectivity index (χ0v) is 31.2. The van der Waals surface area contributed by atoms with Crippen LogP contribution in [0.4, 0.5) is 0 Å². The van der Waals surface area contributed by atoms with Gasteiger partial charge >= 0.3 is 0 Å². The molecule has 6 heteroatoms. The molecule has 5 aromatic carbocycles. The highest BCUT2D eigenvalue weighted by Crippen LogP contribution is 2.33. The second-order valence-corrected chi connectivity index (χ2v) is 14.6. The minimum atomic E-state index is 0.550. The molecule has 4 aromatic heterocycles. The number of hydrogen-bond donors (Lipinski definition) is 0. The molecule has 270 valence electrons. The van der Waals surface area contributed by atoms with Crippen molar-refractivity contribution in [1.82, 2.24) is 19.1 Å². The summed E-state index contributed by atoms with van der Waals surface area (Å²) in [6.45, 7) is 6.61. The first-order valence-electron chi connectivity index (χ1n) is 19.8. The second kappa shape index (κ2) is 14.9. The Morgan fingerprint density at radius 2 is 0.907 bits per heavy atom. The van der Waals surface area contributed by atoms with E-state index in [4.69, 9.17) is 18.8 Å². The van der Waals surface area contributed by atoms with E-state index in [0.717, 1.165) is 35.2 Å². The van der Waals surface area contributed by atoms with E-state index in [1.54, 1.807) is 0 Å². The summed E-state index contributed by atoms with van der Waals surface area (Å²) in [6.07, 6.45) is 18.0. The van der Waals surface area contributed by atoms with Gasteiger partial charge in [-0.2, -0.15) is 0 Å². The van der Waals surface area contributed by atoms with Crippen LogP contribution < -0.4 is 0 Å². The van der Waals surface area contributed by atoms with Gasteiger partial charge in [-0.3, -0.25) is 0 Å². The lowest BCUT2D eigenvalue weighted by atomic mass is 10.1. The summed E-state index contributed by atoms with van der Waals surface area (Å²) >= 11 is 0. The van der Waals surface area contributed by atoms with Gasteiger partial charge in [0.15, 0.2) is 11.2 Å². The average Bonchev–Trinajstić information content (AvgIpc) is 3.96. The third-order valence-electron chi connectivity index (χ3n) is 10.8. The Morgan fingerprint density at radius 1 is 0.463 bits per heavy atom. The van der Waals surface area contributed by atoms with Crippen LogP contribution in [0.2, 0.25) is 0 Å². The van der Waals surface area contributed by atoms with Gasteiger partial charge in [0.1, 0.15) is 11.0 Å². The van der Waals surface area contributed by atoms with Crippen LogP contribution in [-0.4, -0.2) is 19.1 Å². The largest absolute Gasteiger partial charge is 0.437 e. The van der Waals surface area contributed by atoms with E-state index in [-0.39, 0.29) is 0 Å². The van der Waals surface area contributed by atoms with E-state index >= 15 is 0 Å². The van der Waals surface area contributed by atoms with Crippen molar-refractivity contribution in [3.8, 4) is 0 Å². The molecule has 0 bridgehead atoms. The Bertz CT molecular complexity index is 2580. The van der Waals surface area contributed by atoms with Gasteiger partial charge in [0, 0.05) is 81.0 Å². The highest BCUT2D eigenvalue weighted by Gasteiger charge is 2.14. The quantitative estimate of drug-likeness (QED) is 0.105. The predicted octanol–water partition coefficient (Wildman–Crippen LogP) is 13.7. The van der Waals surface area contributed by atoms with Crippen LogP contribution in [0, 0.1) is 0 Å². The molecule has 0 aliphatic rings. The van der Waals surface area contributed by atoms with Gasteiger partial charge in [-0.25, -0.2) is 9.97 Å². The molecule has 0 radical (unpaired) electrons. The molecule has 0 saturated carbocycles. The SMILES string of the molecule is CCCCCCn1c2ccccc2c2cc(/C=C/c3nc4cc5oc(/C=C/c6ccc7c(c6)c6ccccc6n7CCCCCC)nc5cc4o3)ccc21. The van der Waals surface area contributed by atoms with Crippen molar-refractivity contribution >= 4 is 90.1 Å². The molecule has 0 atom stereocenters. The molecule has 0 aliphatic carbocycles. The molecular formula is C48H46N4O2. The van der Waals surface area contributed by atoms with Crippen molar-refractivity contribution in [1.29, 1.82) is 0 Å². The van der Waals surface area contributed by atoms with Crippen LogP contribution in [0.25, 0.3) is 90.1 Å². The first-order valence-corrected chi connectivity index (χ1v) is 19.8. The van der Waals surface area contributed by atoms with Crippen molar-refractivity contribution in [2.45, 2.75) is 78.3 Å². The fraction of sp³-hybridized carbons (Fsp3) is 0.250. The second-order valence-electron chi connectivity index (χ2n) is 14.6. The standard InChI is InChI=1S/C48H46N4O2/c1-3-5-7-13-27-51-41-17-11-9-15-35(41)37-29-33(19-23-43(37)51)21-25-47-49-39-31-46-40(32-45(39)53-47)50-48(54-46)26-22-34-20-24-44-38(30-34)36-16-10-12-18-42(36)52(44)28-14-8-6-4-2/h9-12,15-26,29-32H,3-8,13-14,27-28H2,1-2H3/b25-21+,26-22+. The maximum atomic E-state index is 6.17. The summed E-state index contributed by atoms with van der Waals surface area (Å²) in [7, 11) is 0. The lowest BCUT2D eigenvalue weighted by molar-refractivity contribution is 0.588. The zero-order valence-electron chi connectivity index (χ0n) is 31.2. The van der Waals surface area contributed by atoms with Crippen LogP contribution in [-0.2, 0) is 13.1 Å². The lowest BCUT2D eigenvalue weighted by Crippen LogP contribution is -1.97. The molecule has 0 saturated heterocycles. The zero-order chi connectivity index (χ0) is 36.4. The Kier molecular flexibility index (Phi) is 9.34. The molecule has 6 nitrogen and oxygen atoms in total. The molecule has 0 fully saturated rings. The van der Waals surface area contributed by atoms with Gasteiger partial charge in [-0.1, -0.05) is 101 Å². The third-order valence-corrected chi connectivity index (χ3v) is 10.8. The minimum absolute atomic E-state index is 0.550. The lowest BCUT2D eigenvalue weighted by Gasteiger charge is -2.07. The molecule has 0 unspecified atom stereocenters. The van der Waals surface area contributed by atoms with E-state index in [9.17, 15) is 0 Å². The Labute approximate surface area is 315 Å². The summed E-state index contributed by atoms with van der Waals surface area (Å²) in [5, 5.41) is 5.14. The third kappa shape index (κ3) is 6.51. The normalized spacial score (nSPS) is 12.5. The van der Waals surface area contributed by atoms with Crippen molar-refractivity contribution in [3.63, 3.8) is 0 Å². The summed E-state index contributed by atoms with van der Waals surface area (Å²) in [6, 6.07) is 34.7. The Hall–Kier alpha value is -5.88. The van der Waals surface area contributed by atoms with E-state index < -0.39 is 0 Å². The van der Waals surface area contributed by atoms with Crippen LogP contribution in [0.15, 0.2) is 106 Å². The number of hydrogen-bond acceptors (Lipinski definition) is 4. The van der Waals surface area contributed by atoms with Crippen molar-refractivity contribution in [2.75, 3.05) is 0 Å². The highest BCUT2D eigenvalue weighted by atomic mass is 16.4. The van der Waals surface area contributed by atoms with E-state index in [1.807, 2.05) is 24.3 Å². The van der Waals surface area contributed by atoms with Gasteiger partial charge in [0.25, 0.3) is 0 Å². The number of nitrogens with zero attached hydrogens (tertiary/aromatic N) is 4. The Morgan fingerprint density at radius 3 is 1.37 bits per heavy atom. The molecule has 9 rings (SSSR count). The van der Waals surface area contributed by atoms with Crippen molar-refractivity contribution in [2.24, 2.45) is 0 Å². The first-order chi connectivity index (χ1) is 26.7. The van der Waals surface area contributed by atoms with Crippen molar-refractivity contribution in [3.05, 3.63) is 120 Å². The van der Waals surface area contributed by atoms with Crippen LogP contribution >= 0.6 is 0 Å². The number of oxazole rings is 2. The van der Waals surface area contributed by atoms with Crippen LogP contribution in [0.5, 0.6) is 0 Å². The number of benzene rings is 5. The first kappa shape index (κ1) is 33.9. The monoisotopic (exact) mass is 710 g/mol. The molecule has 0 N–H and O–H groups in total. The summed E-state index contributed by atoms with van der Waals surface area (Å²) in [5.74, 6) is 1.10. The summed E-state index contributed by atoms with van der Waals surface area (Å²) in [5.41, 5.74) is 10.2. The topological polar surface area (TPSA) is 61.9 Å². The maximum Gasteiger partial charge on any atom is 0.220 e. The average molecular weight is 711 g/mol. The van der Waals surface area contributed by atoms with Crippen LogP contribution in [0.1, 0.15) is 88.1 Å². The number of para-hydroxylation sites is 2. The fourth-order valence-corrected chi connectivity index (χ4v) is 8.09. The fourth-order valence-electron chi connectivity index (χ4n) is 8.09. The van der Waals surface area contributed by atoms with E-state index in [2.05, 4.69) is 120 Å². The molecule has 0 amide bonds. The number of rotatable bonds is 14. The van der Waals surface area contributed by atoms with Gasteiger partial charge in [0.2, 0.25) is 11.8 Å². The van der Waals surface area contributed by atoms with Gasteiger partial charge in [0.05, 0.1) is 0 Å². The molecule has 54 heavy (non-hydrogen) atoms. The number of aromatic nitrogens is 4. The smallest absolute Gasteiger partial charge is 0.220 e. The molecule has 9 aromatic rings. The molecular weight excluding hydrogens is 665 g/mol. The van der Waals surface area contributed by atoms with E-state index in [0.29, 0.717) is 22.9 Å². The minimum Gasteiger partial charge on any atom is -0.437 e. The summed E-state index contributed by atoms with van der Waals surface area (Å²) in [4.78, 5) is 9.53. The Balaban J connectivity index is 0.936. The number of fused-ring (bicyclic) bond motifs is 8. The molecule has 4 heterocycles. The predicted molar refractivity (Wildman–Crippen MR) is 227 cm³/mol. The van der Waals surface area contributed by atoms with Gasteiger partial charge in [-0.15, -0.1) is 0 Å². The molecule has 0 aliphatic heterocycles. The van der Waals surface area contributed by atoms with Gasteiger partial charge in [-0.05, 0) is 72.5 Å². The number of unbranched alkanes of at least 4 members (excludes halogenated alkanes) is 6. The summed E-state index contributed by atoms with van der Waals surface area (Å²) < 4.78 is 17.3. The van der Waals surface area contributed by atoms with E-state index in [1.165, 1.54) is 95.0 Å².